The van der Waals surface area contributed by atoms with Gasteiger partial charge in [0.15, 0.2) is 0 Å². The van der Waals surface area contributed by atoms with Gasteiger partial charge in [0.25, 0.3) is 0 Å². The Morgan fingerprint density at radius 3 is 2.39 bits per heavy atom. The largest absolute Gasteiger partial charge is 0.466 e. The van der Waals surface area contributed by atoms with Crippen molar-refractivity contribution in [1.82, 2.24) is 4.90 Å². The summed E-state index contributed by atoms with van der Waals surface area (Å²) in [5.74, 6) is -3.37. The van der Waals surface area contributed by atoms with Crippen molar-refractivity contribution in [3.63, 3.8) is 0 Å². The van der Waals surface area contributed by atoms with Gasteiger partial charge in [-0.1, -0.05) is 61.0 Å². The van der Waals surface area contributed by atoms with Gasteiger partial charge in [-0.05, 0) is 49.1 Å². The Morgan fingerprint density at radius 2 is 1.78 bits per heavy atom. The van der Waals surface area contributed by atoms with E-state index in [4.69, 9.17) is 16.3 Å². The maximum atomic E-state index is 14.1. The van der Waals surface area contributed by atoms with Crippen molar-refractivity contribution in [3.8, 4) is 0 Å². The van der Waals surface area contributed by atoms with E-state index in [1.54, 1.807) is 31.2 Å². The van der Waals surface area contributed by atoms with Crippen LogP contribution in [0.1, 0.15) is 31.9 Å². The highest BCUT2D eigenvalue weighted by atomic mass is 35.5. The summed E-state index contributed by atoms with van der Waals surface area (Å²) >= 11 is 5.99. The Hall–Kier alpha value is -3.16. The van der Waals surface area contributed by atoms with Gasteiger partial charge in [0.05, 0.1) is 31.1 Å². The Kier molecular flexibility index (Phi) is 8.11. The number of benzene rings is 2. The Balaban J connectivity index is 1.78. The van der Waals surface area contributed by atoms with Gasteiger partial charge >= 0.3 is 5.97 Å². The monoisotopic (exact) mass is 510 g/mol. The van der Waals surface area contributed by atoms with Crippen LogP contribution in [-0.4, -0.2) is 47.0 Å². The lowest BCUT2D eigenvalue weighted by molar-refractivity contribution is -0.156. The molecule has 1 aliphatic carbocycles. The first kappa shape index (κ1) is 25.9. The summed E-state index contributed by atoms with van der Waals surface area (Å²) in [6.45, 7) is 3.53. The van der Waals surface area contributed by atoms with E-state index in [2.05, 4.69) is 5.32 Å². The molecule has 0 aromatic heterocycles. The van der Waals surface area contributed by atoms with Crippen molar-refractivity contribution in [2.75, 3.05) is 18.5 Å². The van der Waals surface area contributed by atoms with Crippen LogP contribution < -0.4 is 5.32 Å². The molecule has 8 heteroatoms. The number of esters is 1. The number of nitrogens with one attached hydrogen (secondary N) is 1. The highest BCUT2D eigenvalue weighted by Gasteiger charge is 2.59. The van der Waals surface area contributed by atoms with Gasteiger partial charge in [-0.25, -0.2) is 0 Å². The summed E-state index contributed by atoms with van der Waals surface area (Å²) in [5, 5.41) is 13.9. The molecule has 2 N–H and O–H groups in total. The molecule has 2 amide bonds. The number of carbonyl (C=O) groups excluding carboxylic acids is 3. The minimum absolute atomic E-state index is 0.182. The van der Waals surface area contributed by atoms with Crippen LogP contribution >= 0.6 is 11.6 Å². The number of hydrogen-bond donors (Lipinski definition) is 2. The van der Waals surface area contributed by atoms with E-state index >= 15 is 0 Å². The van der Waals surface area contributed by atoms with E-state index in [1.165, 1.54) is 4.90 Å². The van der Waals surface area contributed by atoms with Crippen LogP contribution in [0.5, 0.6) is 0 Å². The van der Waals surface area contributed by atoms with Crippen LogP contribution in [0, 0.1) is 23.7 Å². The lowest BCUT2D eigenvalue weighted by atomic mass is 9.69. The van der Waals surface area contributed by atoms with E-state index in [0.29, 0.717) is 22.7 Å². The van der Waals surface area contributed by atoms with Crippen molar-refractivity contribution in [2.24, 2.45) is 23.7 Å². The van der Waals surface area contributed by atoms with Crippen molar-refractivity contribution >= 4 is 35.1 Å². The van der Waals surface area contributed by atoms with Crippen LogP contribution in [0.2, 0.25) is 5.02 Å². The number of anilines is 1. The maximum Gasteiger partial charge on any atom is 0.310 e. The number of aliphatic hydroxyl groups is 1. The number of carbonyl (C=O) groups is 3. The zero-order valence-corrected chi connectivity index (χ0v) is 21.1. The van der Waals surface area contributed by atoms with Crippen molar-refractivity contribution in [2.45, 2.75) is 32.4 Å². The average Bonchev–Trinajstić information content (AvgIpc) is 3.18. The fraction of sp³-hybridized carbons (Fsp3) is 0.393. The molecule has 190 valence electrons. The number of ether oxygens (including phenoxy) is 1. The van der Waals surface area contributed by atoms with Gasteiger partial charge in [-0.3, -0.25) is 14.4 Å². The van der Waals surface area contributed by atoms with Gasteiger partial charge in [0.2, 0.25) is 11.8 Å². The topological polar surface area (TPSA) is 95.9 Å². The first-order valence-corrected chi connectivity index (χ1v) is 12.7. The molecule has 0 unspecified atom stereocenters. The molecule has 2 aromatic carbocycles. The number of likely N-dealkylation sites (tertiary alicyclic amines) is 1. The highest BCUT2D eigenvalue weighted by molar-refractivity contribution is 6.30. The Labute approximate surface area is 216 Å². The van der Waals surface area contributed by atoms with E-state index in [-0.39, 0.29) is 25.0 Å². The standard InChI is InChI=1S/C28H31ClN2O5/c1-3-17-10-15-21-24(23(17)28(35)36-4-2)27(34)31(22(16-32)18-8-6-5-7-9-18)25(21)26(33)30-20-13-11-19(29)12-14-20/h5-15,17,21-25,32H,3-4,16H2,1-2H3,(H,30,33)/t17-,21+,22-,23-,24-,25+/m1/s1. The number of fused-ring (bicyclic) bond motifs is 1. The predicted molar refractivity (Wildman–Crippen MR) is 137 cm³/mol. The van der Waals surface area contributed by atoms with Crippen LogP contribution in [-0.2, 0) is 19.1 Å². The smallest absolute Gasteiger partial charge is 0.310 e. The molecule has 7 nitrogen and oxygen atoms in total. The minimum Gasteiger partial charge on any atom is -0.466 e. The van der Waals surface area contributed by atoms with Gasteiger partial charge in [0, 0.05) is 16.6 Å². The second-order valence-corrected chi connectivity index (χ2v) is 9.57. The first-order chi connectivity index (χ1) is 17.4. The van der Waals surface area contributed by atoms with Crippen LogP contribution in [0.4, 0.5) is 5.69 Å². The van der Waals surface area contributed by atoms with E-state index in [0.717, 1.165) is 0 Å². The molecule has 36 heavy (non-hydrogen) atoms. The molecule has 1 fully saturated rings. The molecule has 0 radical (unpaired) electrons. The summed E-state index contributed by atoms with van der Waals surface area (Å²) in [7, 11) is 0. The molecule has 2 aliphatic rings. The number of amides is 2. The molecule has 0 spiro atoms. The number of hydrogen-bond acceptors (Lipinski definition) is 5. The van der Waals surface area contributed by atoms with Crippen LogP contribution in [0.3, 0.4) is 0 Å². The minimum atomic E-state index is -0.929. The van der Waals surface area contributed by atoms with Crippen LogP contribution in [0.15, 0.2) is 66.7 Å². The quantitative estimate of drug-likeness (QED) is 0.409. The third-order valence-corrected chi connectivity index (χ3v) is 7.40. The maximum absolute atomic E-state index is 14.1. The SMILES string of the molecule is CCOC(=O)[C@H]1[C@@H]2C(=O)N([C@H](CO)c3ccccc3)[C@H](C(=O)Nc3ccc(Cl)cc3)[C@H]2C=C[C@H]1CC. The van der Waals surface area contributed by atoms with Crippen molar-refractivity contribution < 1.29 is 24.2 Å². The fourth-order valence-corrected chi connectivity index (χ4v) is 5.63. The van der Waals surface area contributed by atoms with Gasteiger partial charge in [-0.15, -0.1) is 0 Å². The lowest BCUT2D eigenvalue weighted by Gasteiger charge is -2.34. The van der Waals surface area contributed by atoms with Gasteiger partial charge < -0.3 is 20.1 Å². The zero-order chi connectivity index (χ0) is 25.8. The third kappa shape index (κ3) is 4.90. The second-order valence-electron chi connectivity index (χ2n) is 9.13. The third-order valence-electron chi connectivity index (χ3n) is 7.15. The van der Waals surface area contributed by atoms with Gasteiger partial charge in [0.1, 0.15) is 6.04 Å². The molecular weight excluding hydrogens is 480 g/mol. The number of halogens is 1. The van der Waals surface area contributed by atoms with Crippen molar-refractivity contribution in [3.05, 3.63) is 77.3 Å². The summed E-state index contributed by atoms with van der Waals surface area (Å²) in [5.41, 5.74) is 1.24. The summed E-state index contributed by atoms with van der Waals surface area (Å²) in [6.07, 6.45) is 4.47. The molecule has 1 aliphatic heterocycles. The van der Waals surface area contributed by atoms with Crippen LogP contribution in [0.25, 0.3) is 0 Å². The second kappa shape index (κ2) is 11.3. The van der Waals surface area contributed by atoms with Crippen molar-refractivity contribution in [1.29, 1.82) is 0 Å². The number of rotatable bonds is 8. The summed E-state index contributed by atoms with van der Waals surface area (Å²) in [6, 6.07) is 14.2. The number of aliphatic hydroxyl groups excluding tert-OH is 1. The molecular formula is C28H31ClN2O5. The summed E-state index contributed by atoms with van der Waals surface area (Å²) in [4.78, 5) is 42.4. The van der Waals surface area contributed by atoms with E-state index in [1.807, 2.05) is 49.4 Å². The molecule has 2 aromatic rings. The van der Waals surface area contributed by atoms with Gasteiger partial charge in [-0.2, -0.15) is 0 Å². The number of nitrogens with zero attached hydrogens (tertiary/aromatic N) is 1. The normalized spacial score (nSPS) is 25.8. The molecule has 4 rings (SSSR count). The lowest BCUT2D eigenvalue weighted by Crippen LogP contribution is -2.46. The van der Waals surface area contributed by atoms with E-state index in [9.17, 15) is 19.5 Å². The predicted octanol–water partition coefficient (Wildman–Crippen LogP) is 4.23. The fourth-order valence-electron chi connectivity index (χ4n) is 5.51. The number of allylic oxidation sites excluding steroid dienone is 1. The average molecular weight is 511 g/mol. The molecule has 6 atom stereocenters. The molecule has 1 saturated heterocycles. The summed E-state index contributed by atoms with van der Waals surface area (Å²) < 4.78 is 5.37. The molecule has 1 heterocycles. The Morgan fingerprint density at radius 1 is 1.08 bits per heavy atom. The van der Waals surface area contributed by atoms with E-state index < -0.39 is 41.7 Å². The molecule has 0 saturated carbocycles. The molecule has 0 bridgehead atoms. The zero-order valence-electron chi connectivity index (χ0n) is 20.3. The highest BCUT2D eigenvalue weighted by Crippen LogP contribution is 2.48. The Bertz CT molecular complexity index is 1120. The first-order valence-electron chi connectivity index (χ1n) is 12.3.